The maximum atomic E-state index is 13.0. The van der Waals surface area contributed by atoms with Crippen LogP contribution in [0.2, 0.25) is 0 Å². The van der Waals surface area contributed by atoms with Gasteiger partial charge in [0.25, 0.3) is 0 Å². The highest BCUT2D eigenvalue weighted by Crippen LogP contribution is 2.32. The summed E-state index contributed by atoms with van der Waals surface area (Å²) in [7, 11) is 1.65. The van der Waals surface area contributed by atoms with Crippen LogP contribution in [-0.4, -0.2) is 46.0 Å². The molecule has 0 spiro atoms. The largest absolute Gasteiger partial charge is 0.497 e. The van der Waals surface area contributed by atoms with Crippen molar-refractivity contribution in [2.24, 2.45) is 0 Å². The van der Waals surface area contributed by atoms with Gasteiger partial charge in [0.2, 0.25) is 11.1 Å². The number of aryl methyl sites for hydroxylation is 1. The number of benzene rings is 1. The fourth-order valence-electron chi connectivity index (χ4n) is 3.38. The maximum Gasteiger partial charge on any atom is 0.245 e. The van der Waals surface area contributed by atoms with Gasteiger partial charge in [0.15, 0.2) is 0 Å². The molecule has 3 rings (SSSR count). The van der Waals surface area contributed by atoms with Gasteiger partial charge in [-0.05, 0) is 44.0 Å². The Kier molecular flexibility index (Phi) is 6.60. The lowest BCUT2D eigenvalue weighted by atomic mass is 9.80. The van der Waals surface area contributed by atoms with Crippen LogP contribution in [0.3, 0.4) is 0 Å². The molecule has 1 aromatic carbocycles. The third kappa shape index (κ3) is 5.15. The number of rotatable bonds is 8. The van der Waals surface area contributed by atoms with Crippen LogP contribution >= 0.6 is 11.8 Å². The zero-order chi connectivity index (χ0) is 19.1. The average Bonchev–Trinajstić information content (AvgIpc) is 3.11. The highest BCUT2D eigenvalue weighted by molar-refractivity contribution is 7.99. The first kappa shape index (κ1) is 19.5. The molecule has 1 heterocycles. The van der Waals surface area contributed by atoms with Crippen LogP contribution in [0.15, 0.2) is 29.4 Å². The standard InChI is InChI=1S/C19H27N5O2S/c1-14-21-18(24-23-14)27-13-12-20-17(25)19(10-4-3-5-11-19)22-15-6-8-16(26-2)9-7-15/h6-9,22H,3-5,10-13H2,1-2H3,(H,20,25)(H,21,23,24). The first-order chi connectivity index (χ1) is 13.1. The van der Waals surface area contributed by atoms with Crippen molar-refractivity contribution in [1.82, 2.24) is 20.5 Å². The van der Waals surface area contributed by atoms with Crippen molar-refractivity contribution in [3.05, 3.63) is 30.1 Å². The van der Waals surface area contributed by atoms with E-state index in [9.17, 15) is 4.79 Å². The van der Waals surface area contributed by atoms with E-state index in [1.54, 1.807) is 7.11 Å². The number of methoxy groups -OCH3 is 1. The predicted molar refractivity (Wildman–Crippen MR) is 107 cm³/mol. The van der Waals surface area contributed by atoms with E-state index in [1.165, 1.54) is 18.2 Å². The molecule has 0 saturated heterocycles. The van der Waals surface area contributed by atoms with Crippen molar-refractivity contribution in [2.45, 2.75) is 49.7 Å². The fourth-order valence-corrected chi connectivity index (χ4v) is 4.08. The van der Waals surface area contributed by atoms with Gasteiger partial charge in [0.1, 0.15) is 17.1 Å². The van der Waals surface area contributed by atoms with Gasteiger partial charge in [-0.2, -0.15) is 0 Å². The number of aromatic nitrogens is 3. The van der Waals surface area contributed by atoms with Gasteiger partial charge < -0.3 is 15.4 Å². The van der Waals surface area contributed by atoms with E-state index in [0.717, 1.165) is 48.7 Å². The zero-order valence-corrected chi connectivity index (χ0v) is 16.7. The molecule has 7 nitrogen and oxygen atoms in total. The smallest absolute Gasteiger partial charge is 0.245 e. The number of hydrogen-bond donors (Lipinski definition) is 3. The van der Waals surface area contributed by atoms with Crippen molar-refractivity contribution >= 4 is 23.4 Å². The minimum atomic E-state index is -0.543. The van der Waals surface area contributed by atoms with Gasteiger partial charge in [-0.15, -0.1) is 5.10 Å². The third-order valence-corrected chi connectivity index (χ3v) is 5.66. The molecule has 0 atom stereocenters. The van der Waals surface area contributed by atoms with E-state index in [0.29, 0.717) is 11.7 Å². The number of thioether (sulfide) groups is 1. The molecule has 0 unspecified atom stereocenters. The Balaban J connectivity index is 1.57. The van der Waals surface area contributed by atoms with E-state index in [4.69, 9.17) is 4.74 Å². The van der Waals surface area contributed by atoms with Gasteiger partial charge in [0.05, 0.1) is 7.11 Å². The summed E-state index contributed by atoms with van der Waals surface area (Å²) in [6, 6.07) is 7.74. The maximum absolute atomic E-state index is 13.0. The SMILES string of the molecule is COc1ccc(NC2(C(=O)NCCSc3n[nH]c(C)n3)CCCCC2)cc1. The van der Waals surface area contributed by atoms with E-state index in [2.05, 4.69) is 25.8 Å². The predicted octanol–water partition coefficient (Wildman–Crippen LogP) is 3.15. The molecule has 0 aliphatic heterocycles. The molecular weight excluding hydrogens is 362 g/mol. The number of carbonyl (C=O) groups excluding carboxylic acids is 1. The Morgan fingerprint density at radius 2 is 2.00 bits per heavy atom. The molecule has 3 N–H and O–H groups in total. The average molecular weight is 390 g/mol. The number of carbonyl (C=O) groups is 1. The van der Waals surface area contributed by atoms with Gasteiger partial charge in [0, 0.05) is 18.0 Å². The van der Waals surface area contributed by atoms with Crippen molar-refractivity contribution in [3.63, 3.8) is 0 Å². The van der Waals surface area contributed by atoms with Crippen molar-refractivity contribution in [3.8, 4) is 5.75 Å². The molecule has 1 saturated carbocycles. The number of ether oxygens (including phenoxy) is 1. The molecule has 1 aliphatic carbocycles. The summed E-state index contributed by atoms with van der Waals surface area (Å²) in [5.41, 5.74) is 0.400. The topological polar surface area (TPSA) is 91.9 Å². The molecule has 1 aliphatic rings. The number of hydrogen-bond acceptors (Lipinski definition) is 6. The van der Waals surface area contributed by atoms with E-state index in [1.807, 2.05) is 31.2 Å². The van der Waals surface area contributed by atoms with E-state index >= 15 is 0 Å². The molecular formula is C19H27N5O2S. The lowest BCUT2D eigenvalue weighted by Gasteiger charge is -2.37. The number of H-pyrrole nitrogens is 1. The summed E-state index contributed by atoms with van der Waals surface area (Å²) in [5.74, 6) is 2.42. The molecule has 0 bridgehead atoms. The van der Waals surface area contributed by atoms with Crippen LogP contribution in [0, 0.1) is 6.92 Å². The Morgan fingerprint density at radius 3 is 2.63 bits per heavy atom. The zero-order valence-electron chi connectivity index (χ0n) is 15.9. The Labute approximate surface area is 164 Å². The summed E-state index contributed by atoms with van der Waals surface area (Å²) in [6.07, 6.45) is 4.99. The number of anilines is 1. The molecule has 8 heteroatoms. The fraction of sp³-hybridized carbons (Fsp3) is 0.526. The van der Waals surface area contributed by atoms with Crippen molar-refractivity contribution in [2.75, 3.05) is 24.7 Å². The lowest BCUT2D eigenvalue weighted by Crippen LogP contribution is -2.54. The summed E-state index contributed by atoms with van der Waals surface area (Å²) in [5, 5.41) is 14.2. The summed E-state index contributed by atoms with van der Waals surface area (Å²) in [4.78, 5) is 17.3. The molecule has 1 amide bonds. The normalized spacial score (nSPS) is 15.9. The number of amides is 1. The molecule has 146 valence electrons. The first-order valence-corrected chi connectivity index (χ1v) is 10.3. The Hall–Kier alpha value is -2.22. The van der Waals surface area contributed by atoms with Crippen LogP contribution in [0.5, 0.6) is 5.75 Å². The highest BCUT2D eigenvalue weighted by atomic mass is 32.2. The van der Waals surface area contributed by atoms with Crippen LogP contribution < -0.4 is 15.4 Å². The van der Waals surface area contributed by atoms with Crippen LogP contribution in [0.1, 0.15) is 37.9 Å². The second-order valence-corrected chi connectivity index (χ2v) is 7.87. The number of aromatic amines is 1. The quantitative estimate of drug-likeness (QED) is 0.474. The Bertz CT molecular complexity index is 741. The monoisotopic (exact) mass is 389 g/mol. The summed E-state index contributed by atoms with van der Waals surface area (Å²) in [6.45, 7) is 2.46. The van der Waals surface area contributed by atoms with Crippen molar-refractivity contribution < 1.29 is 9.53 Å². The highest BCUT2D eigenvalue weighted by Gasteiger charge is 2.39. The van der Waals surface area contributed by atoms with Crippen molar-refractivity contribution in [1.29, 1.82) is 0 Å². The van der Waals surface area contributed by atoms with Crippen LogP contribution in [-0.2, 0) is 4.79 Å². The van der Waals surface area contributed by atoms with E-state index in [-0.39, 0.29) is 5.91 Å². The van der Waals surface area contributed by atoms with Crippen LogP contribution in [0.4, 0.5) is 5.69 Å². The van der Waals surface area contributed by atoms with Crippen LogP contribution in [0.25, 0.3) is 0 Å². The second-order valence-electron chi connectivity index (χ2n) is 6.80. The Morgan fingerprint density at radius 1 is 1.26 bits per heavy atom. The van der Waals surface area contributed by atoms with Gasteiger partial charge in [-0.3, -0.25) is 9.89 Å². The molecule has 1 aromatic heterocycles. The summed E-state index contributed by atoms with van der Waals surface area (Å²) >= 11 is 1.53. The third-order valence-electron chi connectivity index (χ3n) is 4.81. The van der Waals surface area contributed by atoms with E-state index < -0.39 is 5.54 Å². The second kappa shape index (κ2) is 9.12. The molecule has 27 heavy (non-hydrogen) atoms. The van der Waals surface area contributed by atoms with Gasteiger partial charge in [-0.25, -0.2) is 4.98 Å². The van der Waals surface area contributed by atoms with Gasteiger partial charge >= 0.3 is 0 Å². The summed E-state index contributed by atoms with van der Waals surface area (Å²) < 4.78 is 5.21. The number of nitrogens with one attached hydrogen (secondary N) is 3. The molecule has 2 aromatic rings. The first-order valence-electron chi connectivity index (χ1n) is 9.34. The minimum Gasteiger partial charge on any atom is -0.497 e. The minimum absolute atomic E-state index is 0.0739. The molecule has 0 radical (unpaired) electrons. The lowest BCUT2D eigenvalue weighted by molar-refractivity contribution is -0.126. The molecule has 1 fully saturated rings. The van der Waals surface area contributed by atoms with Gasteiger partial charge in [-0.1, -0.05) is 31.0 Å². The number of nitrogens with zero attached hydrogens (tertiary/aromatic N) is 2.